The van der Waals surface area contributed by atoms with Gasteiger partial charge in [-0.1, -0.05) is 0 Å². The number of nitrogens with zero attached hydrogens (tertiary/aromatic N) is 5. The zero-order valence-electron chi connectivity index (χ0n) is 9.09. The lowest BCUT2D eigenvalue weighted by Crippen LogP contribution is -2.31. The number of H-pyrrole nitrogens is 1. The second kappa shape index (κ2) is 3.87. The van der Waals surface area contributed by atoms with Crippen LogP contribution in [0.15, 0.2) is 18.9 Å². The number of rotatable bonds is 1. The summed E-state index contributed by atoms with van der Waals surface area (Å²) in [7, 11) is 0. The van der Waals surface area contributed by atoms with E-state index in [0.29, 0.717) is 17.9 Å². The van der Waals surface area contributed by atoms with Gasteiger partial charge in [-0.05, 0) is 0 Å². The van der Waals surface area contributed by atoms with Crippen LogP contribution in [0.2, 0.25) is 0 Å². The first-order chi connectivity index (χ1) is 8.38. The molecule has 0 atom stereocenters. The van der Waals surface area contributed by atoms with Crippen LogP contribution in [0, 0.1) is 11.3 Å². The smallest absolute Gasteiger partial charge is 0.150 e. The van der Waals surface area contributed by atoms with E-state index in [4.69, 9.17) is 5.26 Å². The number of hydrogen-bond acceptors (Lipinski definition) is 5. The third-order valence-electron chi connectivity index (χ3n) is 2.89. The van der Waals surface area contributed by atoms with Gasteiger partial charge >= 0.3 is 0 Å². The Morgan fingerprint density at radius 2 is 2.35 bits per heavy atom. The maximum Gasteiger partial charge on any atom is 0.150 e. The molecular formula is C11H10N6. The molecule has 1 aliphatic rings. The number of hydrogen-bond donors (Lipinski definition) is 1. The second-order valence-corrected chi connectivity index (χ2v) is 3.87. The van der Waals surface area contributed by atoms with Crippen molar-refractivity contribution in [2.75, 3.05) is 11.4 Å². The molecule has 6 heteroatoms. The summed E-state index contributed by atoms with van der Waals surface area (Å²) in [4.78, 5) is 17.5. The SMILES string of the molecule is N#Cc1cncnc1N1CCc2nc[nH]c2C1. The molecule has 3 rings (SSSR count). The van der Waals surface area contributed by atoms with Crippen LogP contribution in [0.3, 0.4) is 0 Å². The van der Waals surface area contributed by atoms with E-state index in [1.54, 1.807) is 12.5 Å². The maximum atomic E-state index is 9.03. The third-order valence-corrected chi connectivity index (χ3v) is 2.89. The van der Waals surface area contributed by atoms with Crippen LogP contribution < -0.4 is 4.90 Å². The summed E-state index contributed by atoms with van der Waals surface area (Å²) in [6.45, 7) is 1.53. The van der Waals surface area contributed by atoms with Crippen LogP contribution >= 0.6 is 0 Å². The van der Waals surface area contributed by atoms with Gasteiger partial charge in [0.15, 0.2) is 0 Å². The Balaban J connectivity index is 1.95. The van der Waals surface area contributed by atoms with Crippen LogP contribution in [0.4, 0.5) is 5.82 Å². The van der Waals surface area contributed by atoms with E-state index >= 15 is 0 Å². The molecular weight excluding hydrogens is 216 g/mol. The fraction of sp³-hybridized carbons (Fsp3) is 0.273. The molecule has 6 nitrogen and oxygen atoms in total. The summed E-state index contributed by atoms with van der Waals surface area (Å²) in [6, 6.07) is 2.12. The molecule has 0 bridgehead atoms. The van der Waals surface area contributed by atoms with Gasteiger partial charge in [0.2, 0.25) is 0 Å². The van der Waals surface area contributed by atoms with Gasteiger partial charge in [0.05, 0.1) is 30.5 Å². The van der Waals surface area contributed by atoms with Crippen LogP contribution in [0.1, 0.15) is 17.0 Å². The molecule has 17 heavy (non-hydrogen) atoms. The van der Waals surface area contributed by atoms with Gasteiger partial charge in [0, 0.05) is 13.0 Å². The fourth-order valence-electron chi connectivity index (χ4n) is 2.05. The highest BCUT2D eigenvalue weighted by Crippen LogP contribution is 2.22. The van der Waals surface area contributed by atoms with Gasteiger partial charge in [-0.2, -0.15) is 5.26 Å². The third kappa shape index (κ3) is 1.61. The first-order valence-corrected chi connectivity index (χ1v) is 5.34. The fourth-order valence-corrected chi connectivity index (χ4v) is 2.05. The molecule has 0 fully saturated rings. The standard InChI is InChI=1S/C11H10N6/c12-3-8-4-13-6-16-11(8)17-2-1-9-10(5-17)15-7-14-9/h4,6-7H,1-2,5H2,(H,14,15). The topological polar surface area (TPSA) is 81.5 Å². The monoisotopic (exact) mass is 226 g/mol. The molecule has 0 radical (unpaired) electrons. The minimum Gasteiger partial charge on any atom is -0.349 e. The number of nitrogens with one attached hydrogen (secondary N) is 1. The summed E-state index contributed by atoms with van der Waals surface area (Å²) in [5.74, 6) is 0.697. The van der Waals surface area contributed by atoms with Crippen LogP contribution in [-0.4, -0.2) is 26.5 Å². The van der Waals surface area contributed by atoms with Crippen molar-refractivity contribution >= 4 is 5.82 Å². The highest BCUT2D eigenvalue weighted by molar-refractivity contribution is 5.53. The molecule has 0 spiro atoms. The molecule has 2 aromatic heterocycles. The average Bonchev–Trinajstić information content (AvgIpc) is 2.85. The van der Waals surface area contributed by atoms with E-state index in [1.165, 1.54) is 6.33 Å². The van der Waals surface area contributed by atoms with Gasteiger partial charge in [0.25, 0.3) is 0 Å². The van der Waals surface area contributed by atoms with Crippen molar-refractivity contribution in [3.8, 4) is 6.07 Å². The Morgan fingerprint density at radius 1 is 1.41 bits per heavy atom. The van der Waals surface area contributed by atoms with Gasteiger partial charge < -0.3 is 9.88 Å². The van der Waals surface area contributed by atoms with E-state index in [1.807, 2.05) is 0 Å². The molecule has 0 aliphatic carbocycles. The zero-order chi connectivity index (χ0) is 11.7. The Kier molecular flexibility index (Phi) is 2.22. The molecule has 0 saturated heterocycles. The van der Waals surface area contributed by atoms with Crippen molar-refractivity contribution in [3.63, 3.8) is 0 Å². The summed E-state index contributed by atoms with van der Waals surface area (Å²) >= 11 is 0. The number of aromatic amines is 1. The average molecular weight is 226 g/mol. The second-order valence-electron chi connectivity index (χ2n) is 3.87. The highest BCUT2D eigenvalue weighted by atomic mass is 15.2. The maximum absolute atomic E-state index is 9.03. The molecule has 0 unspecified atom stereocenters. The molecule has 2 aromatic rings. The lowest BCUT2D eigenvalue weighted by Gasteiger charge is -2.27. The molecule has 1 N–H and O–H groups in total. The van der Waals surface area contributed by atoms with Crippen molar-refractivity contribution in [1.29, 1.82) is 5.26 Å². The Morgan fingerprint density at radius 3 is 3.24 bits per heavy atom. The van der Waals surface area contributed by atoms with E-state index in [0.717, 1.165) is 24.4 Å². The summed E-state index contributed by atoms with van der Waals surface area (Å²) in [5, 5.41) is 9.03. The van der Waals surface area contributed by atoms with Crippen molar-refractivity contribution in [3.05, 3.63) is 35.8 Å². The van der Waals surface area contributed by atoms with Crippen molar-refractivity contribution in [1.82, 2.24) is 19.9 Å². The number of aromatic nitrogens is 4. The van der Waals surface area contributed by atoms with E-state index in [-0.39, 0.29) is 0 Å². The molecule has 3 heterocycles. The predicted molar refractivity (Wildman–Crippen MR) is 60.1 cm³/mol. The number of imidazole rings is 1. The predicted octanol–water partition coefficient (Wildman–Crippen LogP) is 0.634. The molecule has 1 aliphatic heterocycles. The van der Waals surface area contributed by atoms with Gasteiger partial charge in [-0.15, -0.1) is 0 Å². The van der Waals surface area contributed by atoms with Crippen molar-refractivity contribution in [2.45, 2.75) is 13.0 Å². The molecule has 0 aromatic carbocycles. The summed E-state index contributed by atoms with van der Waals surface area (Å²) in [5.41, 5.74) is 2.71. The quantitative estimate of drug-likeness (QED) is 0.771. The number of nitriles is 1. The van der Waals surface area contributed by atoms with Gasteiger partial charge in [0.1, 0.15) is 23.8 Å². The Labute approximate surface area is 98.0 Å². The highest BCUT2D eigenvalue weighted by Gasteiger charge is 2.21. The van der Waals surface area contributed by atoms with Crippen LogP contribution in [-0.2, 0) is 13.0 Å². The lowest BCUT2D eigenvalue weighted by atomic mass is 10.1. The van der Waals surface area contributed by atoms with E-state index < -0.39 is 0 Å². The van der Waals surface area contributed by atoms with E-state index in [9.17, 15) is 0 Å². The summed E-state index contributed by atoms with van der Waals surface area (Å²) < 4.78 is 0. The molecule has 0 amide bonds. The van der Waals surface area contributed by atoms with Gasteiger partial charge in [-0.25, -0.2) is 15.0 Å². The van der Waals surface area contributed by atoms with Crippen LogP contribution in [0.25, 0.3) is 0 Å². The van der Waals surface area contributed by atoms with Crippen molar-refractivity contribution < 1.29 is 0 Å². The number of anilines is 1. The zero-order valence-corrected chi connectivity index (χ0v) is 9.09. The van der Waals surface area contributed by atoms with E-state index in [2.05, 4.69) is 30.9 Å². The largest absolute Gasteiger partial charge is 0.349 e. The Hall–Kier alpha value is -2.42. The van der Waals surface area contributed by atoms with Crippen molar-refractivity contribution in [2.24, 2.45) is 0 Å². The Bertz CT molecular complexity index is 582. The normalized spacial score (nSPS) is 14.2. The van der Waals surface area contributed by atoms with Crippen LogP contribution in [0.5, 0.6) is 0 Å². The molecule has 84 valence electrons. The minimum absolute atomic E-state index is 0.510. The first kappa shape index (κ1) is 9.78. The molecule has 0 saturated carbocycles. The van der Waals surface area contributed by atoms with Gasteiger partial charge in [-0.3, -0.25) is 0 Å². The summed E-state index contributed by atoms with van der Waals surface area (Å²) in [6.07, 6.45) is 5.59. The first-order valence-electron chi connectivity index (χ1n) is 5.34. The minimum atomic E-state index is 0.510. The lowest BCUT2D eigenvalue weighted by molar-refractivity contribution is 0.699. The number of fused-ring (bicyclic) bond motifs is 1.